The highest BCUT2D eigenvalue weighted by Gasteiger charge is 2.36. The van der Waals surface area contributed by atoms with Crippen molar-refractivity contribution in [3.05, 3.63) is 29.6 Å². The average molecular weight is 207 g/mol. The van der Waals surface area contributed by atoms with Crippen LogP contribution in [0.5, 0.6) is 0 Å². The molecular weight excluding hydrogens is 189 g/mol. The quantitative estimate of drug-likeness (QED) is 0.682. The number of hydrogen-bond acceptors (Lipinski definition) is 1. The molecule has 0 aromatic heterocycles. The van der Waals surface area contributed by atoms with Crippen LogP contribution in [-0.2, 0) is 5.41 Å². The van der Waals surface area contributed by atoms with Gasteiger partial charge < -0.3 is 4.90 Å². The molecule has 0 unspecified atom stereocenters. The summed E-state index contributed by atoms with van der Waals surface area (Å²) >= 11 is 0. The number of fused-ring (bicyclic) bond motifs is 1. The molecule has 0 amide bonds. The maximum absolute atomic E-state index is 13.2. The minimum Gasteiger partial charge on any atom is -0.368 e. The van der Waals surface area contributed by atoms with Gasteiger partial charge >= 0.3 is 0 Å². The van der Waals surface area contributed by atoms with E-state index in [4.69, 9.17) is 0 Å². The summed E-state index contributed by atoms with van der Waals surface area (Å²) in [7, 11) is 0. The largest absolute Gasteiger partial charge is 0.368 e. The third-order valence-electron chi connectivity index (χ3n) is 3.19. The lowest BCUT2D eigenvalue weighted by atomic mass is 9.87. The van der Waals surface area contributed by atoms with Crippen LogP contribution >= 0.6 is 0 Å². The molecule has 0 atom stereocenters. The maximum Gasteiger partial charge on any atom is 0.123 e. The second-order valence-corrected chi connectivity index (χ2v) is 5.27. The van der Waals surface area contributed by atoms with Crippen molar-refractivity contribution in [2.75, 3.05) is 11.4 Å². The topological polar surface area (TPSA) is 3.24 Å². The van der Waals surface area contributed by atoms with Gasteiger partial charge in [0.15, 0.2) is 0 Å². The number of rotatable bonds is 1. The van der Waals surface area contributed by atoms with Crippen molar-refractivity contribution in [2.45, 2.75) is 39.2 Å². The predicted molar refractivity (Wildman–Crippen MR) is 61.9 cm³/mol. The number of hydrogen-bond donors (Lipinski definition) is 0. The fraction of sp³-hybridized carbons (Fsp3) is 0.538. The van der Waals surface area contributed by atoms with Crippen LogP contribution in [0.15, 0.2) is 18.2 Å². The molecule has 0 spiro atoms. The monoisotopic (exact) mass is 207 g/mol. The Morgan fingerprint density at radius 1 is 1.33 bits per heavy atom. The van der Waals surface area contributed by atoms with Gasteiger partial charge in [-0.25, -0.2) is 4.39 Å². The van der Waals surface area contributed by atoms with Gasteiger partial charge in [0.05, 0.1) is 0 Å². The van der Waals surface area contributed by atoms with E-state index in [1.54, 1.807) is 12.1 Å². The summed E-state index contributed by atoms with van der Waals surface area (Å²) in [6.07, 6.45) is 0. The van der Waals surface area contributed by atoms with Crippen molar-refractivity contribution in [3.63, 3.8) is 0 Å². The van der Waals surface area contributed by atoms with Gasteiger partial charge in [0.2, 0.25) is 0 Å². The Hall–Kier alpha value is -1.05. The van der Waals surface area contributed by atoms with Crippen LogP contribution in [0.4, 0.5) is 10.1 Å². The summed E-state index contributed by atoms with van der Waals surface area (Å²) in [6.45, 7) is 9.67. The molecule has 1 nitrogen and oxygen atoms in total. The first kappa shape index (κ1) is 10.5. The van der Waals surface area contributed by atoms with Crippen LogP contribution in [0.3, 0.4) is 0 Å². The van der Waals surface area contributed by atoms with E-state index in [2.05, 4.69) is 32.6 Å². The fourth-order valence-corrected chi connectivity index (χ4v) is 2.36. The van der Waals surface area contributed by atoms with Gasteiger partial charge in [0.1, 0.15) is 5.82 Å². The normalized spacial score (nSPS) is 18.4. The second kappa shape index (κ2) is 3.22. The van der Waals surface area contributed by atoms with Gasteiger partial charge in [0.25, 0.3) is 0 Å². The summed E-state index contributed by atoms with van der Waals surface area (Å²) < 4.78 is 13.2. The highest BCUT2D eigenvalue weighted by molar-refractivity contribution is 5.62. The SMILES string of the molecule is CC(C)N1CC(C)(C)c2cc(F)ccc21. The minimum absolute atomic E-state index is 0.0572. The Labute approximate surface area is 90.9 Å². The van der Waals surface area contributed by atoms with Crippen molar-refractivity contribution < 1.29 is 4.39 Å². The van der Waals surface area contributed by atoms with Crippen LogP contribution in [0.25, 0.3) is 0 Å². The molecule has 0 aliphatic carbocycles. The Morgan fingerprint density at radius 3 is 2.60 bits per heavy atom. The molecule has 2 rings (SSSR count). The molecule has 2 heteroatoms. The van der Waals surface area contributed by atoms with Crippen LogP contribution in [-0.4, -0.2) is 12.6 Å². The standard InChI is InChI=1S/C13H18FN/c1-9(2)15-8-13(3,4)11-7-10(14)5-6-12(11)15/h5-7,9H,8H2,1-4H3. The molecule has 0 N–H and O–H groups in total. The van der Waals surface area contributed by atoms with Gasteiger partial charge in [-0.3, -0.25) is 0 Å². The second-order valence-electron chi connectivity index (χ2n) is 5.27. The number of halogens is 1. The highest BCUT2D eigenvalue weighted by Crippen LogP contribution is 2.41. The predicted octanol–water partition coefficient (Wildman–Crippen LogP) is 3.33. The van der Waals surface area contributed by atoms with Crippen molar-refractivity contribution in [1.29, 1.82) is 0 Å². The van der Waals surface area contributed by atoms with E-state index in [1.165, 1.54) is 5.69 Å². The van der Waals surface area contributed by atoms with Gasteiger partial charge in [-0.1, -0.05) is 13.8 Å². The van der Waals surface area contributed by atoms with Gasteiger partial charge in [-0.2, -0.15) is 0 Å². The van der Waals surface area contributed by atoms with Crippen molar-refractivity contribution in [1.82, 2.24) is 0 Å². The lowest BCUT2D eigenvalue weighted by Crippen LogP contribution is -2.33. The highest BCUT2D eigenvalue weighted by atomic mass is 19.1. The van der Waals surface area contributed by atoms with Crippen LogP contribution in [0.2, 0.25) is 0 Å². The van der Waals surface area contributed by atoms with E-state index in [1.807, 2.05) is 6.07 Å². The third kappa shape index (κ3) is 1.62. The number of nitrogens with zero attached hydrogens (tertiary/aromatic N) is 1. The fourth-order valence-electron chi connectivity index (χ4n) is 2.36. The van der Waals surface area contributed by atoms with Gasteiger partial charge in [-0.15, -0.1) is 0 Å². The van der Waals surface area contributed by atoms with E-state index in [0.29, 0.717) is 6.04 Å². The van der Waals surface area contributed by atoms with E-state index in [9.17, 15) is 4.39 Å². The molecule has 1 aliphatic heterocycles. The van der Waals surface area contributed by atoms with Gasteiger partial charge in [-0.05, 0) is 37.6 Å². The Kier molecular flexibility index (Phi) is 2.25. The van der Waals surface area contributed by atoms with Crippen molar-refractivity contribution in [2.24, 2.45) is 0 Å². The van der Waals surface area contributed by atoms with E-state index < -0.39 is 0 Å². The zero-order valence-corrected chi connectivity index (χ0v) is 9.84. The maximum atomic E-state index is 13.2. The van der Waals surface area contributed by atoms with Crippen LogP contribution in [0.1, 0.15) is 33.3 Å². The molecule has 0 fully saturated rings. The summed E-state index contributed by atoms with van der Waals surface area (Å²) in [4.78, 5) is 2.34. The van der Waals surface area contributed by atoms with Gasteiger partial charge in [0, 0.05) is 23.7 Å². The Balaban J connectivity index is 2.53. The molecule has 82 valence electrons. The molecule has 15 heavy (non-hydrogen) atoms. The summed E-state index contributed by atoms with van der Waals surface area (Å²) in [5.41, 5.74) is 2.38. The van der Waals surface area contributed by atoms with E-state index in [-0.39, 0.29) is 11.2 Å². The lowest BCUT2D eigenvalue weighted by Gasteiger charge is -2.26. The first-order chi connectivity index (χ1) is 6.92. The molecular formula is C13H18FN. The molecule has 0 radical (unpaired) electrons. The molecule has 0 bridgehead atoms. The molecule has 1 aliphatic rings. The zero-order valence-electron chi connectivity index (χ0n) is 9.84. The molecule has 1 aromatic carbocycles. The number of anilines is 1. The van der Waals surface area contributed by atoms with Crippen molar-refractivity contribution >= 4 is 5.69 Å². The van der Waals surface area contributed by atoms with Crippen molar-refractivity contribution in [3.8, 4) is 0 Å². The summed E-state index contributed by atoms with van der Waals surface area (Å²) in [5, 5.41) is 0. The number of benzene rings is 1. The molecule has 0 saturated carbocycles. The molecule has 1 aromatic rings. The zero-order chi connectivity index (χ0) is 11.2. The van der Waals surface area contributed by atoms with Crippen LogP contribution < -0.4 is 4.90 Å². The molecule has 1 heterocycles. The third-order valence-corrected chi connectivity index (χ3v) is 3.19. The van der Waals surface area contributed by atoms with Crippen LogP contribution in [0, 0.1) is 5.82 Å². The Morgan fingerprint density at radius 2 is 2.00 bits per heavy atom. The first-order valence-electron chi connectivity index (χ1n) is 5.48. The first-order valence-corrected chi connectivity index (χ1v) is 5.48. The molecule has 0 saturated heterocycles. The lowest BCUT2D eigenvalue weighted by molar-refractivity contribution is 0.528. The van der Waals surface area contributed by atoms with E-state index in [0.717, 1.165) is 12.1 Å². The summed E-state index contributed by atoms with van der Waals surface area (Å²) in [5.74, 6) is -0.132. The average Bonchev–Trinajstić information content (AvgIpc) is 2.39. The summed E-state index contributed by atoms with van der Waals surface area (Å²) in [6, 6.07) is 5.60. The Bertz CT molecular complexity index is 382. The minimum atomic E-state index is -0.132. The van der Waals surface area contributed by atoms with E-state index >= 15 is 0 Å². The smallest absolute Gasteiger partial charge is 0.123 e.